The molecule has 0 atom stereocenters. The molecule has 0 radical (unpaired) electrons. The molecular formula is C15H30N4. The van der Waals surface area contributed by atoms with Gasteiger partial charge in [0.15, 0.2) is 0 Å². The number of hydrogen-bond donors (Lipinski definition) is 0. The Morgan fingerprint density at radius 2 is 1.63 bits per heavy atom. The molecule has 0 aromatic carbocycles. The first-order valence-corrected chi connectivity index (χ1v) is 7.56. The maximum Gasteiger partial charge on any atom is 0.0377 e. The number of piperazine rings is 1. The Hall–Kier alpha value is -0.580. The quantitative estimate of drug-likeness (QED) is 0.745. The molecule has 4 nitrogen and oxygen atoms in total. The predicted octanol–water partition coefficient (Wildman–Crippen LogP) is 0.774. The van der Waals surface area contributed by atoms with Gasteiger partial charge >= 0.3 is 0 Å². The molecule has 2 aliphatic heterocycles. The molecule has 0 N–H and O–H groups in total. The minimum atomic E-state index is 0.817. The summed E-state index contributed by atoms with van der Waals surface area (Å²) in [6, 6.07) is 0.817. The number of piperidine rings is 1. The fourth-order valence-electron chi connectivity index (χ4n) is 3.03. The highest BCUT2D eigenvalue weighted by Crippen LogP contribution is 2.18. The molecule has 2 heterocycles. The second kappa shape index (κ2) is 6.73. The third-order valence-corrected chi connectivity index (χ3v) is 4.65. The average molecular weight is 266 g/mol. The standard InChI is InChI=1S/C15H30N4/c1-14(16(2)3)13-18-7-5-15(6-8-18)19-11-9-17(4)10-12-19/h15H,1,5-13H2,2-4H3. The van der Waals surface area contributed by atoms with Gasteiger partial charge in [-0.2, -0.15) is 0 Å². The van der Waals surface area contributed by atoms with Gasteiger partial charge in [-0.1, -0.05) is 6.58 Å². The first-order valence-electron chi connectivity index (χ1n) is 7.56. The summed E-state index contributed by atoms with van der Waals surface area (Å²) in [6.07, 6.45) is 2.65. The van der Waals surface area contributed by atoms with Crippen LogP contribution >= 0.6 is 0 Å². The summed E-state index contributed by atoms with van der Waals surface area (Å²) in [5, 5.41) is 0. The largest absolute Gasteiger partial charge is 0.380 e. The Labute approximate surface area is 118 Å². The lowest BCUT2D eigenvalue weighted by Gasteiger charge is -2.42. The van der Waals surface area contributed by atoms with Crippen molar-refractivity contribution in [3.63, 3.8) is 0 Å². The van der Waals surface area contributed by atoms with Crippen LogP contribution in [0.5, 0.6) is 0 Å². The van der Waals surface area contributed by atoms with E-state index < -0.39 is 0 Å². The molecule has 0 bridgehead atoms. The van der Waals surface area contributed by atoms with E-state index in [1.54, 1.807) is 0 Å². The van der Waals surface area contributed by atoms with Crippen LogP contribution in [0, 0.1) is 0 Å². The van der Waals surface area contributed by atoms with E-state index in [2.05, 4.69) is 47.3 Å². The van der Waals surface area contributed by atoms with Crippen molar-refractivity contribution in [3.05, 3.63) is 12.3 Å². The molecule has 0 aromatic heterocycles. The van der Waals surface area contributed by atoms with Gasteiger partial charge in [-0.05, 0) is 19.9 Å². The lowest BCUT2D eigenvalue weighted by atomic mass is 10.0. The molecule has 0 aliphatic carbocycles. The van der Waals surface area contributed by atoms with Crippen LogP contribution in [0.15, 0.2) is 12.3 Å². The summed E-state index contributed by atoms with van der Waals surface area (Å²) in [6.45, 7) is 12.6. The van der Waals surface area contributed by atoms with Gasteiger partial charge < -0.3 is 9.80 Å². The highest BCUT2D eigenvalue weighted by molar-refractivity contribution is 4.95. The maximum absolute atomic E-state index is 4.13. The molecule has 2 rings (SSSR count). The van der Waals surface area contributed by atoms with E-state index in [0.29, 0.717) is 0 Å². The number of nitrogens with zero attached hydrogens (tertiary/aromatic N) is 4. The summed E-state index contributed by atoms with van der Waals surface area (Å²) in [5.41, 5.74) is 1.22. The second-order valence-corrected chi connectivity index (χ2v) is 6.31. The van der Waals surface area contributed by atoms with Crippen molar-refractivity contribution < 1.29 is 0 Å². The second-order valence-electron chi connectivity index (χ2n) is 6.31. The zero-order valence-corrected chi connectivity index (χ0v) is 12.9. The summed E-state index contributed by atoms with van der Waals surface area (Å²) >= 11 is 0. The van der Waals surface area contributed by atoms with Crippen molar-refractivity contribution in [1.82, 2.24) is 19.6 Å². The maximum atomic E-state index is 4.13. The van der Waals surface area contributed by atoms with Crippen LogP contribution in [-0.2, 0) is 0 Å². The zero-order valence-electron chi connectivity index (χ0n) is 12.9. The summed E-state index contributed by atoms with van der Waals surface area (Å²) in [7, 11) is 6.39. The van der Waals surface area contributed by atoms with Crippen molar-refractivity contribution in [1.29, 1.82) is 0 Å². The van der Waals surface area contributed by atoms with E-state index >= 15 is 0 Å². The molecule has 0 amide bonds. The third kappa shape index (κ3) is 4.20. The van der Waals surface area contributed by atoms with Crippen LogP contribution in [0.25, 0.3) is 0 Å². The molecule has 0 unspecified atom stereocenters. The van der Waals surface area contributed by atoms with Crippen molar-refractivity contribution >= 4 is 0 Å². The third-order valence-electron chi connectivity index (χ3n) is 4.65. The first kappa shape index (κ1) is 14.8. The van der Waals surface area contributed by atoms with Crippen LogP contribution in [-0.4, -0.2) is 92.6 Å². The Kier molecular flexibility index (Phi) is 5.25. The van der Waals surface area contributed by atoms with Gasteiger partial charge in [0.25, 0.3) is 0 Å². The highest BCUT2D eigenvalue weighted by atomic mass is 15.3. The first-order chi connectivity index (χ1) is 9.06. The topological polar surface area (TPSA) is 13.0 Å². The SMILES string of the molecule is C=C(CN1CCC(N2CCN(C)CC2)CC1)N(C)C. The molecule has 2 fully saturated rings. The predicted molar refractivity (Wildman–Crippen MR) is 81.4 cm³/mol. The molecule has 19 heavy (non-hydrogen) atoms. The van der Waals surface area contributed by atoms with Crippen molar-refractivity contribution in [2.24, 2.45) is 0 Å². The number of hydrogen-bond acceptors (Lipinski definition) is 4. The van der Waals surface area contributed by atoms with E-state index in [9.17, 15) is 0 Å². The molecular weight excluding hydrogens is 236 g/mol. The summed E-state index contributed by atoms with van der Waals surface area (Å²) in [5.74, 6) is 0. The molecule has 2 saturated heterocycles. The van der Waals surface area contributed by atoms with Gasteiger partial charge in [-0.25, -0.2) is 0 Å². The van der Waals surface area contributed by atoms with E-state index in [1.807, 2.05) is 0 Å². The number of rotatable bonds is 4. The van der Waals surface area contributed by atoms with E-state index in [4.69, 9.17) is 0 Å². The number of likely N-dealkylation sites (N-methyl/N-ethyl adjacent to an activating group) is 2. The fraction of sp³-hybridized carbons (Fsp3) is 0.867. The van der Waals surface area contributed by atoms with Gasteiger partial charge in [0.05, 0.1) is 0 Å². The zero-order chi connectivity index (χ0) is 13.8. The summed E-state index contributed by atoms with van der Waals surface area (Å²) < 4.78 is 0. The van der Waals surface area contributed by atoms with E-state index in [1.165, 1.54) is 57.8 Å². The fourth-order valence-corrected chi connectivity index (χ4v) is 3.03. The van der Waals surface area contributed by atoms with E-state index in [-0.39, 0.29) is 0 Å². The smallest absolute Gasteiger partial charge is 0.0377 e. The Morgan fingerprint density at radius 1 is 1.05 bits per heavy atom. The van der Waals surface area contributed by atoms with Crippen molar-refractivity contribution in [2.45, 2.75) is 18.9 Å². The Balaban J connectivity index is 1.72. The Bertz CT molecular complexity index is 287. The molecule has 4 heteroatoms. The van der Waals surface area contributed by atoms with Crippen LogP contribution in [0.2, 0.25) is 0 Å². The van der Waals surface area contributed by atoms with Crippen LogP contribution in [0.3, 0.4) is 0 Å². The number of likely N-dealkylation sites (tertiary alicyclic amines) is 1. The minimum Gasteiger partial charge on any atom is -0.380 e. The lowest BCUT2D eigenvalue weighted by molar-refractivity contribution is 0.0689. The highest BCUT2D eigenvalue weighted by Gasteiger charge is 2.26. The molecule has 0 aromatic rings. The monoisotopic (exact) mass is 266 g/mol. The molecule has 0 saturated carbocycles. The Morgan fingerprint density at radius 3 is 2.16 bits per heavy atom. The van der Waals surface area contributed by atoms with Gasteiger partial charge in [0, 0.05) is 71.6 Å². The molecule has 110 valence electrons. The van der Waals surface area contributed by atoms with Crippen molar-refractivity contribution in [2.75, 3.05) is 67.0 Å². The molecule has 2 aliphatic rings. The van der Waals surface area contributed by atoms with E-state index in [0.717, 1.165) is 12.6 Å². The summed E-state index contributed by atoms with van der Waals surface area (Å²) in [4.78, 5) is 9.83. The van der Waals surface area contributed by atoms with Gasteiger partial charge in [0.1, 0.15) is 0 Å². The van der Waals surface area contributed by atoms with Gasteiger partial charge in [0.2, 0.25) is 0 Å². The minimum absolute atomic E-state index is 0.817. The lowest BCUT2D eigenvalue weighted by Crippen LogP contribution is -2.52. The van der Waals surface area contributed by atoms with Crippen LogP contribution < -0.4 is 0 Å². The van der Waals surface area contributed by atoms with Gasteiger partial charge in [-0.15, -0.1) is 0 Å². The average Bonchev–Trinajstić information content (AvgIpc) is 2.40. The van der Waals surface area contributed by atoms with Crippen LogP contribution in [0.4, 0.5) is 0 Å². The molecule has 0 spiro atoms. The normalized spacial score (nSPS) is 24.6. The van der Waals surface area contributed by atoms with Gasteiger partial charge in [-0.3, -0.25) is 9.80 Å². The van der Waals surface area contributed by atoms with Crippen molar-refractivity contribution in [3.8, 4) is 0 Å². The van der Waals surface area contributed by atoms with Crippen LogP contribution in [0.1, 0.15) is 12.8 Å².